The molecule has 1 atom stereocenters. The maximum absolute atomic E-state index is 11.9. The number of nitrogens with zero attached hydrogens (tertiary/aromatic N) is 3. The molecular formula is C15H19N3O3. The molecule has 0 N–H and O–H groups in total. The van der Waals surface area contributed by atoms with Gasteiger partial charge in [0, 0.05) is 25.5 Å². The van der Waals surface area contributed by atoms with Crippen molar-refractivity contribution in [3.05, 3.63) is 30.0 Å². The summed E-state index contributed by atoms with van der Waals surface area (Å²) in [6, 6.07) is 7.75. The number of hydrogen-bond donors (Lipinski definition) is 0. The van der Waals surface area contributed by atoms with Gasteiger partial charge in [-0.3, -0.25) is 14.4 Å². The van der Waals surface area contributed by atoms with Gasteiger partial charge >= 0.3 is 5.97 Å². The van der Waals surface area contributed by atoms with Crippen LogP contribution in [-0.2, 0) is 27.9 Å². The van der Waals surface area contributed by atoms with E-state index in [0.29, 0.717) is 26.3 Å². The second kappa shape index (κ2) is 5.83. The quantitative estimate of drug-likeness (QED) is 0.787. The summed E-state index contributed by atoms with van der Waals surface area (Å²) in [7, 11) is 3.34. The molecule has 1 aromatic heterocycles. The van der Waals surface area contributed by atoms with Crippen LogP contribution in [0, 0.1) is 0 Å². The molecule has 1 aliphatic rings. The summed E-state index contributed by atoms with van der Waals surface area (Å²) < 4.78 is 12.1. The van der Waals surface area contributed by atoms with Gasteiger partial charge in [-0.1, -0.05) is 18.2 Å². The maximum Gasteiger partial charge on any atom is 0.325 e. The van der Waals surface area contributed by atoms with E-state index in [1.807, 2.05) is 29.9 Å². The molecule has 1 saturated heterocycles. The van der Waals surface area contributed by atoms with Crippen LogP contribution in [0.1, 0.15) is 5.69 Å². The topological polar surface area (TPSA) is 56.6 Å². The molecule has 0 radical (unpaired) electrons. The van der Waals surface area contributed by atoms with Gasteiger partial charge in [0.15, 0.2) is 0 Å². The molecule has 21 heavy (non-hydrogen) atoms. The van der Waals surface area contributed by atoms with E-state index in [0.717, 1.165) is 16.6 Å². The van der Waals surface area contributed by atoms with Crippen molar-refractivity contribution < 1.29 is 14.3 Å². The number of aryl methyl sites for hydroxylation is 1. The average molecular weight is 289 g/mol. The molecule has 1 unspecified atom stereocenters. The van der Waals surface area contributed by atoms with Gasteiger partial charge in [-0.2, -0.15) is 5.10 Å². The van der Waals surface area contributed by atoms with Gasteiger partial charge in [0.2, 0.25) is 0 Å². The number of morpholine rings is 1. The third-order valence-corrected chi connectivity index (χ3v) is 3.90. The van der Waals surface area contributed by atoms with Crippen LogP contribution in [0.2, 0.25) is 0 Å². The molecular weight excluding hydrogens is 270 g/mol. The van der Waals surface area contributed by atoms with E-state index in [2.05, 4.69) is 16.1 Å². The molecule has 1 aromatic carbocycles. The van der Waals surface area contributed by atoms with E-state index in [4.69, 9.17) is 9.47 Å². The molecule has 112 valence electrons. The van der Waals surface area contributed by atoms with Crippen LogP contribution in [0.5, 0.6) is 0 Å². The predicted molar refractivity (Wildman–Crippen MR) is 77.7 cm³/mol. The van der Waals surface area contributed by atoms with Crippen molar-refractivity contribution in [2.45, 2.75) is 12.6 Å². The highest BCUT2D eigenvalue weighted by atomic mass is 16.5. The fraction of sp³-hybridized carbons (Fsp3) is 0.467. The molecule has 3 rings (SSSR count). The summed E-state index contributed by atoms with van der Waals surface area (Å²) in [5.74, 6) is -0.255. The first-order valence-corrected chi connectivity index (χ1v) is 7.01. The number of esters is 1. The normalized spacial score (nSPS) is 19.8. The number of aromatic nitrogens is 2. The van der Waals surface area contributed by atoms with Gasteiger partial charge in [-0.15, -0.1) is 0 Å². The van der Waals surface area contributed by atoms with Crippen molar-refractivity contribution >= 4 is 16.9 Å². The van der Waals surface area contributed by atoms with Crippen LogP contribution in [0.3, 0.4) is 0 Å². The number of fused-ring (bicyclic) bond motifs is 1. The van der Waals surface area contributed by atoms with Crippen LogP contribution in [0.15, 0.2) is 24.3 Å². The summed E-state index contributed by atoms with van der Waals surface area (Å²) in [4.78, 5) is 13.9. The molecule has 6 heteroatoms. The van der Waals surface area contributed by atoms with Gasteiger partial charge in [0.05, 0.1) is 31.5 Å². The fourth-order valence-electron chi connectivity index (χ4n) is 2.78. The van der Waals surface area contributed by atoms with Crippen molar-refractivity contribution in [2.75, 3.05) is 26.9 Å². The van der Waals surface area contributed by atoms with Crippen molar-refractivity contribution in [1.29, 1.82) is 0 Å². The lowest BCUT2D eigenvalue weighted by Gasteiger charge is -2.33. The number of carbonyl (C=O) groups excluding carboxylic acids is 1. The predicted octanol–water partition coefficient (Wildman–Crippen LogP) is 0.947. The Morgan fingerprint density at radius 1 is 1.48 bits per heavy atom. The Labute approximate surface area is 123 Å². The Balaban J connectivity index is 1.88. The minimum atomic E-state index is -0.357. The van der Waals surface area contributed by atoms with Gasteiger partial charge < -0.3 is 9.47 Å². The highest BCUT2D eigenvalue weighted by Gasteiger charge is 2.31. The molecule has 6 nitrogen and oxygen atoms in total. The number of ether oxygens (including phenoxy) is 2. The highest BCUT2D eigenvalue weighted by Crippen LogP contribution is 2.21. The minimum absolute atomic E-state index is 0.255. The Bertz CT molecular complexity index is 653. The molecule has 0 aliphatic carbocycles. The van der Waals surface area contributed by atoms with Crippen LogP contribution < -0.4 is 0 Å². The number of methoxy groups -OCH3 is 1. The number of benzene rings is 1. The van der Waals surface area contributed by atoms with E-state index in [-0.39, 0.29) is 12.0 Å². The second-order valence-corrected chi connectivity index (χ2v) is 5.17. The first-order chi connectivity index (χ1) is 10.2. The Kier molecular flexibility index (Phi) is 3.90. The number of carbonyl (C=O) groups is 1. The van der Waals surface area contributed by atoms with Crippen LogP contribution in [0.4, 0.5) is 0 Å². The van der Waals surface area contributed by atoms with Crippen molar-refractivity contribution in [3.8, 4) is 0 Å². The largest absolute Gasteiger partial charge is 0.468 e. The van der Waals surface area contributed by atoms with E-state index in [1.165, 1.54) is 7.11 Å². The van der Waals surface area contributed by atoms with Gasteiger partial charge in [-0.05, 0) is 6.07 Å². The first-order valence-electron chi connectivity index (χ1n) is 7.01. The van der Waals surface area contributed by atoms with E-state index >= 15 is 0 Å². The zero-order valence-corrected chi connectivity index (χ0v) is 12.3. The lowest BCUT2D eigenvalue weighted by Crippen LogP contribution is -2.49. The average Bonchev–Trinajstić information content (AvgIpc) is 2.84. The van der Waals surface area contributed by atoms with Crippen LogP contribution in [-0.4, -0.2) is 53.6 Å². The number of hydrogen-bond acceptors (Lipinski definition) is 5. The molecule has 2 heterocycles. The fourth-order valence-corrected chi connectivity index (χ4v) is 2.78. The Morgan fingerprint density at radius 3 is 3.10 bits per heavy atom. The monoisotopic (exact) mass is 289 g/mol. The van der Waals surface area contributed by atoms with Crippen LogP contribution in [0.25, 0.3) is 10.9 Å². The molecule has 2 aromatic rings. The molecule has 1 aliphatic heterocycles. The van der Waals surface area contributed by atoms with E-state index in [1.54, 1.807) is 0 Å². The lowest BCUT2D eigenvalue weighted by molar-refractivity contribution is -0.153. The standard InChI is InChI=1S/C15H19N3O3/c1-17-13-6-4-3-5-11(13)12(16-17)9-18-7-8-21-10-14(18)15(19)20-2/h3-6,14H,7-10H2,1-2H3. The van der Waals surface area contributed by atoms with Crippen LogP contribution >= 0.6 is 0 Å². The first kappa shape index (κ1) is 14.0. The summed E-state index contributed by atoms with van der Waals surface area (Å²) in [6.07, 6.45) is 0. The van der Waals surface area contributed by atoms with Crippen molar-refractivity contribution in [3.63, 3.8) is 0 Å². The summed E-state index contributed by atoms with van der Waals surface area (Å²) in [6.45, 7) is 2.31. The van der Waals surface area contributed by atoms with Gasteiger partial charge in [0.1, 0.15) is 6.04 Å². The lowest BCUT2D eigenvalue weighted by atomic mass is 10.1. The molecule has 0 saturated carbocycles. The van der Waals surface area contributed by atoms with E-state index in [9.17, 15) is 4.79 Å². The van der Waals surface area contributed by atoms with Crippen molar-refractivity contribution in [1.82, 2.24) is 14.7 Å². The third kappa shape index (κ3) is 2.64. The van der Waals surface area contributed by atoms with E-state index < -0.39 is 0 Å². The molecule has 0 bridgehead atoms. The van der Waals surface area contributed by atoms with Gasteiger partial charge in [0.25, 0.3) is 0 Å². The highest BCUT2D eigenvalue weighted by molar-refractivity contribution is 5.82. The number of rotatable bonds is 3. The summed E-state index contributed by atoms with van der Waals surface area (Å²) in [5, 5.41) is 5.71. The molecule has 0 spiro atoms. The Hall–Kier alpha value is -1.92. The molecule has 1 fully saturated rings. The Morgan fingerprint density at radius 2 is 2.29 bits per heavy atom. The summed E-state index contributed by atoms with van der Waals surface area (Å²) >= 11 is 0. The zero-order valence-electron chi connectivity index (χ0n) is 12.3. The van der Waals surface area contributed by atoms with Crippen molar-refractivity contribution in [2.24, 2.45) is 7.05 Å². The smallest absolute Gasteiger partial charge is 0.325 e. The second-order valence-electron chi connectivity index (χ2n) is 5.17. The SMILES string of the molecule is COC(=O)C1COCCN1Cc1nn(C)c2ccccc12. The minimum Gasteiger partial charge on any atom is -0.468 e. The number of para-hydroxylation sites is 1. The summed E-state index contributed by atoms with van der Waals surface area (Å²) in [5.41, 5.74) is 2.07. The molecule has 0 amide bonds. The zero-order chi connectivity index (χ0) is 14.8. The maximum atomic E-state index is 11.9. The van der Waals surface area contributed by atoms with Gasteiger partial charge in [-0.25, -0.2) is 0 Å². The third-order valence-electron chi connectivity index (χ3n) is 3.90.